The summed E-state index contributed by atoms with van der Waals surface area (Å²) >= 11 is 6.09. The lowest BCUT2D eigenvalue weighted by Crippen LogP contribution is -2.10. The molecule has 2 nitrogen and oxygen atoms in total. The third-order valence-electron chi connectivity index (χ3n) is 4.38. The number of rotatable bonds is 1. The maximum atomic E-state index is 11.5. The molecule has 0 unspecified atom stereocenters. The van der Waals surface area contributed by atoms with Crippen LogP contribution in [0.25, 0.3) is 0 Å². The summed E-state index contributed by atoms with van der Waals surface area (Å²) < 4.78 is 0. The lowest BCUT2D eigenvalue weighted by molar-refractivity contribution is 0.0695. The highest BCUT2D eigenvalue weighted by Gasteiger charge is 2.43. The van der Waals surface area contributed by atoms with Gasteiger partial charge in [0.2, 0.25) is 0 Å². The summed E-state index contributed by atoms with van der Waals surface area (Å²) in [6, 6.07) is 12.0. The number of hydrogen-bond acceptors (Lipinski definition) is 1. The molecule has 2 aromatic carbocycles. The molecule has 2 aromatic rings. The zero-order valence-corrected chi connectivity index (χ0v) is 10.8. The predicted molar refractivity (Wildman–Crippen MR) is 73.2 cm³/mol. The van der Waals surface area contributed by atoms with Gasteiger partial charge >= 0.3 is 5.97 Å². The Bertz CT molecular complexity index is 721. The van der Waals surface area contributed by atoms with Crippen molar-refractivity contribution in [1.29, 1.82) is 0 Å². The van der Waals surface area contributed by atoms with Crippen LogP contribution in [0, 0.1) is 0 Å². The van der Waals surface area contributed by atoms with Gasteiger partial charge in [0, 0.05) is 11.8 Å². The molecule has 3 heteroatoms. The largest absolute Gasteiger partial charge is 0.478 e. The normalized spacial score (nSPS) is 22.2. The zero-order valence-electron chi connectivity index (χ0n) is 10.1. The summed E-state index contributed by atoms with van der Waals surface area (Å²) in [4.78, 5) is 11.5. The van der Waals surface area contributed by atoms with E-state index in [0.717, 1.165) is 17.5 Å². The fourth-order valence-corrected chi connectivity index (χ4v) is 3.95. The number of fused-ring (bicyclic) bond motifs is 8. The molecular formula is C16H11ClO2. The Morgan fingerprint density at radius 3 is 2.42 bits per heavy atom. The molecule has 0 aliphatic heterocycles. The van der Waals surface area contributed by atoms with Crippen LogP contribution >= 0.6 is 11.6 Å². The van der Waals surface area contributed by atoms with Gasteiger partial charge < -0.3 is 5.11 Å². The van der Waals surface area contributed by atoms with E-state index in [2.05, 4.69) is 12.1 Å². The molecule has 0 radical (unpaired) electrons. The van der Waals surface area contributed by atoms with Crippen LogP contribution in [0.3, 0.4) is 0 Å². The van der Waals surface area contributed by atoms with Crippen molar-refractivity contribution in [2.75, 3.05) is 0 Å². The first-order chi connectivity index (χ1) is 9.18. The topological polar surface area (TPSA) is 37.3 Å². The highest BCUT2D eigenvalue weighted by atomic mass is 35.5. The maximum Gasteiger partial charge on any atom is 0.337 e. The Morgan fingerprint density at radius 1 is 1.05 bits per heavy atom. The first-order valence-corrected chi connectivity index (χ1v) is 6.70. The number of carbonyl (C=O) groups is 1. The van der Waals surface area contributed by atoms with Crippen LogP contribution in [0.1, 0.15) is 50.9 Å². The highest BCUT2D eigenvalue weighted by Crippen LogP contribution is 2.57. The number of carboxylic acid groups (broad SMARTS) is 1. The smallest absolute Gasteiger partial charge is 0.337 e. The van der Waals surface area contributed by atoms with Crippen molar-refractivity contribution in [3.05, 3.63) is 69.2 Å². The molecule has 0 spiro atoms. The van der Waals surface area contributed by atoms with Gasteiger partial charge in [0.15, 0.2) is 0 Å². The van der Waals surface area contributed by atoms with Crippen LogP contribution in [0.4, 0.5) is 0 Å². The monoisotopic (exact) mass is 270 g/mol. The van der Waals surface area contributed by atoms with Crippen LogP contribution in [0.15, 0.2) is 36.4 Å². The van der Waals surface area contributed by atoms with Crippen molar-refractivity contribution >= 4 is 17.6 Å². The molecule has 0 saturated carbocycles. The van der Waals surface area contributed by atoms with E-state index < -0.39 is 5.97 Å². The first-order valence-electron chi connectivity index (χ1n) is 6.33. The van der Waals surface area contributed by atoms with Crippen molar-refractivity contribution in [3.8, 4) is 0 Å². The van der Waals surface area contributed by atoms with Crippen LogP contribution in [0.5, 0.6) is 0 Å². The summed E-state index contributed by atoms with van der Waals surface area (Å²) in [6.07, 6.45) is 0.981. The highest BCUT2D eigenvalue weighted by molar-refractivity contribution is 6.33. The maximum absolute atomic E-state index is 11.5. The van der Waals surface area contributed by atoms with E-state index in [9.17, 15) is 9.90 Å². The molecule has 19 heavy (non-hydrogen) atoms. The lowest BCUT2D eigenvalue weighted by atomic mass is 9.83. The number of benzene rings is 2. The molecule has 0 aromatic heterocycles. The number of carboxylic acids is 1. The molecule has 4 rings (SSSR count). The van der Waals surface area contributed by atoms with Gasteiger partial charge in [-0.1, -0.05) is 41.9 Å². The van der Waals surface area contributed by atoms with Gasteiger partial charge in [-0.15, -0.1) is 0 Å². The Kier molecular flexibility index (Phi) is 2.10. The minimum absolute atomic E-state index is 0.195. The van der Waals surface area contributed by atoms with E-state index in [1.807, 2.05) is 18.2 Å². The lowest BCUT2D eigenvalue weighted by Gasteiger charge is -2.21. The average molecular weight is 271 g/mol. The van der Waals surface area contributed by atoms with E-state index in [1.54, 1.807) is 6.07 Å². The molecular weight excluding hydrogens is 260 g/mol. The number of aromatic carboxylic acids is 1. The van der Waals surface area contributed by atoms with Crippen LogP contribution < -0.4 is 0 Å². The second-order valence-electron chi connectivity index (χ2n) is 5.20. The molecule has 0 saturated heterocycles. The first kappa shape index (κ1) is 11.1. The summed E-state index contributed by atoms with van der Waals surface area (Å²) in [7, 11) is 0. The van der Waals surface area contributed by atoms with Gasteiger partial charge in [0.1, 0.15) is 0 Å². The Morgan fingerprint density at radius 2 is 1.74 bits per heavy atom. The van der Waals surface area contributed by atoms with Gasteiger partial charge in [-0.3, -0.25) is 0 Å². The average Bonchev–Trinajstić information content (AvgIpc) is 2.95. The molecule has 2 aliphatic carbocycles. The molecule has 2 bridgehead atoms. The van der Waals surface area contributed by atoms with E-state index in [-0.39, 0.29) is 5.92 Å². The van der Waals surface area contributed by atoms with Gasteiger partial charge in [0.05, 0.1) is 10.6 Å². The molecule has 2 atom stereocenters. The molecule has 1 N–H and O–H groups in total. The van der Waals surface area contributed by atoms with Crippen molar-refractivity contribution in [2.45, 2.75) is 18.3 Å². The van der Waals surface area contributed by atoms with Crippen molar-refractivity contribution in [1.82, 2.24) is 0 Å². The van der Waals surface area contributed by atoms with Crippen molar-refractivity contribution in [3.63, 3.8) is 0 Å². The quantitative estimate of drug-likeness (QED) is 0.850. The van der Waals surface area contributed by atoms with E-state index >= 15 is 0 Å². The molecule has 2 aliphatic rings. The molecule has 0 amide bonds. The standard InChI is InChI=1S/C16H11ClO2/c17-13-6-5-10-11-7-12(14(10)15(13)16(18)19)9-4-2-1-3-8(9)11/h1-6,11-12H,7H2,(H,18,19)/t11-,12-/m1/s1. The third-order valence-corrected chi connectivity index (χ3v) is 4.70. The van der Waals surface area contributed by atoms with E-state index in [1.165, 1.54) is 11.1 Å². The minimum Gasteiger partial charge on any atom is -0.478 e. The second kappa shape index (κ2) is 3.61. The SMILES string of the molecule is O=C(O)c1c(Cl)ccc2c1[C@@H]1C[C@@H]2c2ccccc21. The number of hydrogen-bond donors (Lipinski definition) is 1. The minimum atomic E-state index is -0.924. The summed E-state index contributed by atoms with van der Waals surface area (Å²) in [6.45, 7) is 0. The van der Waals surface area contributed by atoms with Gasteiger partial charge in [-0.25, -0.2) is 4.79 Å². The summed E-state index contributed by atoms with van der Waals surface area (Å²) in [5.74, 6) is -0.389. The fourth-order valence-electron chi connectivity index (χ4n) is 3.71. The fraction of sp³-hybridized carbons (Fsp3) is 0.188. The summed E-state index contributed by atoms with van der Waals surface area (Å²) in [5.41, 5.74) is 4.98. The van der Waals surface area contributed by atoms with E-state index in [0.29, 0.717) is 16.5 Å². The summed E-state index contributed by atoms with van der Waals surface area (Å²) in [5, 5.41) is 9.77. The van der Waals surface area contributed by atoms with Crippen LogP contribution in [0.2, 0.25) is 5.02 Å². The number of halogens is 1. The van der Waals surface area contributed by atoms with E-state index in [4.69, 9.17) is 11.6 Å². The van der Waals surface area contributed by atoms with Crippen molar-refractivity contribution < 1.29 is 9.90 Å². The third kappa shape index (κ3) is 1.30. The molecule has 94 valence electrons. The molecule has 0 fully saturated rings. The van der Waals surface area contributed by atoms with Crippen molar-refractivity contribution in [2.24, 2.45) is 0 Å². The van der Waals surface area contributed by atoms with Crippen LogP contribution in [-0.4, -0.2) is 11.1 Å². The Balaban J connectivity index is 2.02. The molecule has 0 heterocycles. The Labute approximate surface area is 115 Å². The van der Waals surface area contributed by atoms with Gasteiger partial charge in [-0.2, -0.15) is 0 Å². The van der Waals surface area contributed by atoms with Crippen LogP contribution in [-0.2, 0) is 0 Å². The second-order valence-corrected chi connectivity index (χ2v) is 5.61. The Hall–Kier alpha value is -1.80. The van der Waals surface area contributed by atoms with Gasteiger partial charge in [-0.05, 0) is 34.7 Å². The predicted octanol–water partition coefficient (Wildman–Crippen LogP) is 4.02. The zero-order chi connectivity index (χ0) is 13.1. The van der Waals surface area contributed by atoms with Gasteiger partial charge in [0.25, 0.3) is 0 Å².